The molecule has 0 aromatic heterocycles. The summed E-state index contributed by atoms with van der Waals surface area (Å²) in [6, 6.07) is 9.39. The number of nitrogens with one attached hydrogen (secondary N) is 1. The van der Waals surface area contributed by atoms with Crippen LogP contribution in [-0.4, -0.2) is 31.2 Å². The topological polar surface area (TPSA) is 55.4 Å². The molecule has 0 bridgehead atoms. The van der Waals surface area contributed by atoms with Gasteiger partial charge in [0.25, 0.3) is 0 Å². The van der Waals surface area contributed by atoms with Gasteiger partial charge in [-0.25, -0.2) is 4.79 Å². The third kappa shape index (κ3) is 6.65. The lowest BCUT2D eigenvalue weighted by atomic mass is 10.00. The van der Waals surface area contributed by atoms with Crippen molar-refractivity contribution in [3.63, 3.8) is 0 Å². The summed E-state index contributed by atoms with van der Waals surface area (Å²) in [7, 11) is -2.36. The molecule has 5 heteroatoms. The molecule has 0 spiro atoms. The van der Waals surface area contributed by atoms with Gasteiger partial charge in [0.2, 0.25) is 0 Å². The summed E-state index contributed by atoms with van der Waals surface area (Å²) in [5.74, 6) is 0.351. The highest BCUT2D eigenvalue weighted by Crippen LogP contribution is 2.17. The summed E-state index contributed by atoms with van der Waals surface area (Å²) in [6.45, 7) is 13.8. The zero-order chi connectivity index (χ0) is 19.3. The molecule has 0 aliphatic heterocycles. The molecule has 0 aliphatic carbocycles. The monoisotopic (exact) mass is 363 g/mol. The van der Waals surface area contributed by atoms with Crippen LogP contribution < -0.4 is 10.5 Å². The van der Waals surface area contributed by atoms with E-state index in [9.17, 15) is 9.59 Å². The molecule has 0 radical (unpaired) electrons. The molecular weight excluding hydrogens is 330 g/mol. The van der Waals surface area contributed by atoms with Crippen LogP contribution in [-0.2, 0) is 9.53 Å². The van der Waals surface area contributed by atoms with Gasteiger partial charge >= 0.3 is 6.09 Å². The molecule has 1 aromatic rings. The van der Waals surface area contributed by atoms with Crippen molar-refractivity contribution < 1.29 is 14.3 Å². The Bertz CT molecular complexity index is 578. The normalized spacial score (nSPS) is 14.5. The van der Waals surface area contributed by atoms with Gasteiger partial charge in [-0.2, -0.15) is 0 Å². The van der Waals surface area contributed by atoms with Crippen molar-refractivity contribution in [2.24, 2.45) is 5.92 Å². The van der Waals surface area contributed by atoms with Crippen LogP contribution in [0.25, 0.3) is 0 Å². The fraction of sp³-hybridized carbons (Fsp3) is 0.600. The Morgan fingerprint density at radius 2 is 1.72 bits per heavy atom. The van der Waals surface area contributed by atoms with Crippen molar-refractivity contribution in [3.05, 3.63) is 30.3 Å². The molecule has 0 saturated heterocycles. The Morgan fingerprint density at radius 3 is 2.20 bits per heavy atom. The molecule has 0 heterocycles. The van der Waals surface area contributed by atoms with Crippen molar-refractivity contribution in [1.82, 2.24) is 5.32 Å². The van der Waals surface area contributed by atoms with E-state index in [4.69, 9.17) is 4.74 Å². The average molecular weight is 364 g/mol. The van der Waals surface area contributed by atoms with Gasteiger partial charge in [-0.1, -0.05) is 68.9 Å². The SMILES string of the molecule is CC[C@H](C)C[C@H](NC(=O)OC(C)(C)C)C(=O)[Si](C)(C)c1ccccc1. The summed E-state index contributed by atoms with van der Waals surface area (Å²) in [5.41, 5.74) is -0.583. The second-order valence-corrected chi connectivity index (χ2v) is 12.6. The van der Waals surface area contributed by atoms with Gasteiger partial charge in [0.1, 0.15) is 11.0 Å². The molecule has 25 heavy (non-hydrogen) atoms. The van der Waals surface area contributed by atoms with Gasteiger partial charge in [-0.05, 0) is 33.1 Å². The molecule has 0 fully saturated rings. The quantitative estimate of drug-likeness (QED) is 0.744. The summed E-state index contributed by atoms with van der Waals surface area (Å²) in [5, 5.41) is 4.07. The predicted molar refractivity (Wildman–Crippen MR) is 106 cm³/mol. The van der Waals surface area contributed by atoms with E-state index < -0.39 is 25.8 Å². The maximum absolute atomic E-state index is 13.3. The van der Waals surface area contributed by atoms with E-state index in [0.29, 0.717) is 12.3 Å². The van der Waals surface area contributed by atoms with Gasteiger partial charge in [0.05, 0.1) is 6.04 Å². The van der Waals surface area contributed by atoms with Crippen molar-refractivity contribution in [2.45, 2.75) is 72.2 Å². The van der Waals surface area contributed by atoms with Crippen molar-refractivity contribution in [1.29, 1.82) is 0 Å². The van der Waals surface area contributed by atoms with Crippen molar-refractivity contribution in [2.75, 3.05) is 0 Å². The third-order valence-corrected chi connectivity index (χ3v) is 7.81. The highest BCUT2D eigenvalue weighted by molar-refractivity contribution is 7.13. The Balaban J connectivity index is 3.02. The van der Waals surface area contributed by atoms with Crippen LogP contribution in [0, 0.1) is 5.92 Å². The predicted octanol–water partition coefficient (Wildman–Crippen LogP) is 4.04. The number of hydrogen-bond acceptors (Lipinski definition) is 3. The molecule has 4 nitrogen and oxygen atoms in total. The molecule has 1 rings (SSSR count). The number of carbonyl (C=O) groups is 2. The lowest BCUT2D eigenvalue weighted by molar-refractivity contribution is -0.114. The summed E-state index contributed by atoms with van der Waals surface area (Å²) in [6.07, 6.45) is 1.08. The summed E-state index contributed by atoms with van der Waals surface area (Å²) < 4.78 is 5.37. The average Bonchev–Trinajstić information content (AvgIpc) is 2.52. The first-order valence-corrected chi connectivity index (χ1v) is 12.1. The minimum Gasteiger partial charge on any atom is -0.444 e. The van der Waals surface area contributed by atoms with Crippen LogP contribution in [0.1, 0.15) is 47.5 Å². The number of benzene rings is 1. The van der Waals surface area contributed by atoms with E-state index >= 15 is 0 Å². The fourth-order valence-corrected chi connectivity index (χ4v) is 5.05. The molecule has 1 N–H and O–H groups in total. The molecule has 0 aliphatic rings. The Labute approximate surface area is 153 Å². The zero-order valence-electron chi connectivity index (χ0n) is 16.7. The standard InChI is InChI=1S/C20H33NO3Si/c1-8-15(2)14-17(21-19(23)24-20(3,4)5)18(22)25(6,7)16-12-10-9-11-13-16/h9-13,15,17H,8,14H2,1-7H3,(H,21,23)/t15-,17-/m0/s1. The largest absolute Gasteiger partial charge is 0.444 e. The van der Waals surface area contributed by atoms with Crippen LogP contribution in [0.2, 0.25) is 13.1 Å². The maximum Gasteiger partial charge on any atom is 0.408 e. The van der Waals surface area contributed by atoms with Crippen LogP contribution in [0.3, 0.4) is 0 Å². The molecule has 0 saturated carbocycles. The number of carbonyl (C=O) groups excluding carboxylic acids is 2. The van der Waals surface area contributed by atoms with E-state index in [2.05, 4.69) is 19.2 Å². The van der Waals surface area contributed by atoms with Crippen molar-refractivity contribution in [3.8, 4) is 0 Å². The highest BCUT2D eigenvalue weighted by Gasteiger charge is 2.39. The lowest BCUT2D eigenvalue weighted by Gasteiger charge is -2.30. The van der Waals surface area contributed by atoms with Crippen LogP contribution in [0.5, 0.6) is 0 Å². The summed E-state index contributed by atoms with van der Waals surface area (Å²) in [4.78, 5) is 25.5. The third-order valence-electron chi connectivity index (χ3n) is 4.45. The Hall–Kier alpha value is -1.62. The number of amides is 1. The second kappa shape index (κ2) is 8.65. The van der Waals surface area contributed by atoms with Gasteiger partial charge < -0.3 is 14.8 Å². The van der Waals surface area contributed by atoms with Gasteiger partial charge in [-0.3, -0.25) is 0 Å². The molecule has 1 amide bonds. The van der Waals surface area contributed by atoms with Crippen LogP contribution >= 0.6 is 0 Å². The smallest absolute Gasteiger partial charge is 0.408 e. The minimum absolute atomic E-state index is 0.143. The number of hydrogen-bond donors (Lipinski definition) is 1. The zero-order valence-corrected chi connectivity index (χ0v) is 17.7. The lowest BCUT2D eigenvalue weighted by Crippen LogP contribution is -2.59. The maximum atomic E-state index is 13.3. The fourth-order valence-electron chi connectivity index (χ4n) is 2.68. The van der Waals surface area contributed by atoms with E-state index in [1.165, 1.54) is 0 Å². The van der Waals surface area contributed by atoms with Gasteiger partial charge in [-0.15, -0.1) is 0 Å². The van der Waals surface area contributed by atoms with Crippen molar-refractivity contribution >= 4 is 24.8 Å². The first kappa shape index (κ1) is 21.4. The van der Waals surface area contributed by atoms with Crippen LogP contribution in [0.15, 0.2) is 30.3 Å². The Kier molecular flexibility index (Phi) is 7.41. The molecular formula is C20H33NO3Si. The molecule has 2 atom stereocenters. The molecule has 0 unspecified atom stereocenters. The minimum atomic E-state index is -2.36. The first-order chi connectivity index (χ1) is 11.5. The van der Waals surface area contributed by atoms with Crippen LogP contribution in [0.4, 0.5) is 4.79 Å². The van der Waals surface area contributed by atoms with Gasteiger partial charge in [0.15, 0.2) is 8.07 Å². The molecule has 1 aromatic carbocycles. The van der Waals surface area contributed by atoms with E-state index in [-0.39, 0.29) is 5.41 Å². The second-order valence-electron chi connectivity index (χ2n) is 8.30. The number of alkyl carbamates (subject to hydrolysis) is 1. The van der Waals surface area contributed by atoms with E-state index in [0.717, 1.165) is 11.6 Å². The number of ether oxygens (including phenoxy) is 1. The summed E-state index contributed by atoms with van der Waals surface area (Å²) >= 11 is 0. The number of rotatable bonds is 7. The Morgan fingerprint density at radius 1 is 1.16 bits per heavy atom. The highest BCUT2D eigenvalue weighted by atomic mass is 28.3. The van der Waals surface area contributed by atoms with E-state index in [1.54, 1.807) is 0 Å². The van der Waals surface area contributed by atoms with E-state index in [1.807, 2.05) is 64.2 Å². The first-order valence-electron chi connectivity index (χ1n) is 9.06. The van der Waals surface area contributed by atoms with Gasteiger partial charge in [0, 0.05) is 0 Å². The molecule has 140 valence electrons.